The van der Waals surface area contributed by atoms with Crippen molar-refractivity contribution < 1.29 is 24.3 Å². The maximum Gasteiger partial charge on any atom is 0.327 e. The zero-order valence-electron chi connectivity index (χ0n) is 16.1. The number of carbonyl (C=O) groups excluding carboxylic acids is 3. The number of benzene rings is 1. The molecule has 2 aliphatic rings. The van der Waals surface area contributed by atoms with E-state index in [0.29, 0.717) is 17.8 Å². The monoisotopic (exact) mass is 405 g/mol. The molecule has 2 saturated heterocycles. The van der Waals surface area contributed by atoms with Crippen molar-refractivity contribution in [2.45, 2.75) is 49.4 Å². The lowest BCUT2D eigenvalue weighted by Gasteiger charge is -2.51. The normalized spacial score (nSPS) is 27.6. The molecule has 8 nitrogen and oxygen atoms in total. The summed E-state index contributed by atoms with van der Waals surface area (Å²) in [4.78, 5) is 51.4. The molecule has 3 N–H and O–H groups in total. The van der Waals surface area contributed by atoms with Gasteiger partial charge in [0.1, 0.15) is 11.4 Å². The molecule has 0 bridgehead atoms. The Labute approximate surface area is 167 Å². The second-order valence-electron chi connectivity index (χ2n) is 7.42. The Morgan fingerprint density at radius 1 is 1.25 bits per heavy atom. The summed E-state index contributed by atoms with van der Waals surface area (Å²) >= 11 is 1.22. The standard InChI is InChI=1S/C19H23N3O5S/c1-5-20-12-9-7-6-8-11(12)14(24)21-19(10(2)23)16(27)22-13(15(25)26)18(3,4)28-17(19)22/h6-9,13,17,20H,5H2,1-4H3,(H,21,24)(H,25,26)/t13-,17+,19-/m0/s1. The summed E-state index contributed by atoms with van der Waals surface area (Å²) in [5, 5.41) is 14.5. The number of amides is 2. The van der Waals surface area contributed by atoms with Crippen LogP contribution in [0, 0.1) is 0 Å². The third-order valence-electron chi connectivity index (χ3n) is 5.19. The zero-order chi connectivity index (χ0) is 20.9. The fraction of sp³-hybridized carbons (Fsp3) is 0.474. The predicted molar refractivity (Wildman–Crippen MR) is 105 cm³/mol. The van der Waals surface area contributed by atoms with Gasteiger partial charge in [-0.3, -0.25) is 14.4 Å². The number of anilines is 1. The Morgan fingerprint density at radius 2 is 1.89 bits per heavy atom. The number of hydrogen-bond acceptors (Lipinski definition) is 6. The molecular formula is C19H23N3O5S. The molecule has 0 aromatic heterocycles. The summed E-state index contributed by atoms with van der Waals surface area (Å²) in [5.41, 5.74) is -0.858. The summed E-state index contributed by atoms with van der Waals surface area (Å²) < 4.78 is -0.796. The minimum atomic E-state index is -1.76. The number of ketones is 1. The molecule has 0 unspecified atom stereocenters. The van der Waals surface area contributed by atoms with E-state index in [4.69, 9.17) is 0 Å². The average molecular weight is 405 g/mol. The Hall–Kier alpha value is -2.55. The Bertz CT molecular complexity index is 871. The van der Waals surface area contributed by atoms with Gasteiger partial charge >= 0.3 is 5.97 Å². The molecule has 2 fully saturated rings. The topological polar surface area (TPSA) is 116 Å². The van der Waals surface area contributed by atoms with Gasteiger partial charge in [-0.15, -0.1) is 11.8 Å². The molecule has 0 aliphatic carbocycles. The number of aliphatic carboxylic acids is 1. The maximum atomic E-state index is 13.0. The summed E-state index contributed by atoms with van der Waals surface area (Å²) in [7, 11) is 0. The van der Waals surface area contributed by atoms with Crippen molar-refractivity contribution in [3.05, 3.63) is 29.8 Å². The van der Waals surface area contributed by atoms with Crippen molar-refractivity contribution in [1.82, 2.24) is 10.2 Å². The number of thioether (sulfide) groups is 1. The van der Waals surface area contributed by atoms with Crippen LogP contribution < -0.4 is 10.6 Å². The highest BCUT2D eigenvalue weighted by atomic mass is 32.2. The molecule has 1 aromatic rings. The molecule has 2 amide bonds. The Morgan fingerprint density at radius 3 is 2.46 bits per heavy atom. The zero-order valence-corrected chi connectivity index (χ0v) is 16.9. The van der Waals surface area contributed by atoms with E-state index in [1.165, 1.54) is 23.6 Å². The van der Waals surface area contributed by atoms with E-state index in [1.54, 1.807) is 38.1 Å². The molecule has 0 saturated carbocycles. The number of nitrogens with one attached hydrogen (secondary N) is 2. The van der Waals surface area contributed by atoms with Crippen molar-refractivity contribution in [3.63, 3.8) is 0 Å². The van der Waals surface area contributed by atoms with Crippen molar-refractivity contribution in [1.29, 1.82) is 0 Å². The van der Waals surface area contributed by atoms with Gasteiger partial charge in [-0.2, -0.15) is 0 Å². The van der Waals surface area contributed by atoms with Crippen LogP contribution in [-0.4, -0.2) is 61.8 Å². The van der Waals surface area contributed by atoms with Crippen molar-refractivity contribution >= 4 is 41.0 Å². The second kappa shape index (κ2) is 6.80. The predicted octanol–water partition coefficient (Wildman–Crippen LogP) is 1.32. The smallest absolute Gasteiger partial charge is 0.327 e. The lowest BCUT2D eigenvalue weighted by molar-refractivity contribution is -0.170. The van der Waals surface area contributed by atoms with Crippen LogP contribution in [0.1, 0.15) is 38.1 Å². The number of β-lactam (4-membered cyclic amide) rings is 1. The number of fused-ring (bicyclic) bond motifs is 1. The highest BCUT2D eigenvalue weighted by molar-refractivity contribution is 8.01. The largest absolute Gasteiger partial charge is 0.480 e. The number of carbonyl (C=O) groups is 4. The van der Waals surface area contributed by atoms with Crippen molar-refractivity contribution in [3.8, 4) is 0 Å². The van der Waals surface area contributed by atoms with Gasteiger partial charge in [0.25, 0.3) is 11.8 Å². The van der Waals surface area contributed by atoms with Crippen LogP contribution in [0.3, 0.4) is 0 Å². The average Bonchev–Trinajstić information content (AvgIpc) is 2.88. The first-order chi connectivity index (χ1) is 13.1. The lowest BCUT2D eigenvalue weighted by Crippen LogP contribution is -2.82. The summed E-state index contributed by atoms with van der Waals surface area (Å²) in [6.45, 7) is 7.17. The van der Waals surface area contributed by atoms with E-state index in [9.17, 15) is 24.3 Å². The van der Waals surface area contributed by atoms with E-state index in [2.05, 4.69) is 10.6 Å². The maximum absolute atomic E-state index is 13.0. The van der Waals surface area contributed by atoms with Gasteiger partial charge in [0, 0.05) is 17.0 Å². The van der Waals surface area contributed by atoms with E-state index in [0.717, 1.165) is 0 Å². The van der Waals surface area contributed by atoms with Crippen molar-refractivity contribution in [2.75, 3.05) is 11.9 Å². The van der Waals surface area contributed by atoms with Gasteiger partial charge in [-0.25, -0.2) is 4.79 Å². The first-order valence-corrected chi connectivity index (χ1v) is 9.85. The van der Waals surface area contributed by atoms with E-state index < -0.39 is 45.3 Å². The minimum Gasteiger partial charge on any atom is -0.480 e. The molecule has 28 heavy (non-hydrogen) atoms. The van der Waals surface area contributed by atoms with Gasteiger partial charge < -0.3 is 20.6 Å². The second-order valence-corrected chi connectivity index (χ2v) is 9.16. The lowest BCUT2D eigenvalue weighted by atomic mass is 9.81. The molecular weight excluding hydrogens is 382 g/mol. The van der Waals surface area contributed by atoms with Crippen LogP contribution in [-0.2, 0) is 14.4 Å². The van der Waals surface area contributed by atoms with Crippen LogP contribution in [0.25, 0.3) is 0 Å². The third kappa shape index (κ3) is 2.76. The molecule has 0 spiro atoms. The highest BCUT2D eigenvalue weighted by Gasteiger charge is 2.74. The molecule has 150 valence electrons. The fourth-order valence-corrected chi connectivity index (χ4v) is 5.61. The number of hydrogen-bond donors (Lipinski definition) is 3. The molecule has 9 heteroatoms. The SMILES string of the molecule is CCNc1ccccc1C(=O)N[C@@]1(C(C)=O)C(=O)N2[C@@H](C(=O)O)C(C)(C)S[C@@H]21. The van der Waals surface area contributed by atoms with Gasteiger partial charge in [-0.05, 0) is 39.8 Å². The summed E-state index contributed by atoms with van der Waals surface area (Å²) in [6, 6.07) is 5.75. The van der Waals surface area contributed by atoms with Gasteiger partial charge in [0.05, 0.1) is 5.56 Å². The highest BCUT2D eigenvalue weighted by Crippen LogP contribution is 2.55. The molecule has 2 heterocycles. The van der Waals surface area contributed by atoms with E-state index in [-0.39, 0.29) is 0 Å². The number of para-hydroxylation sites is 1. The Balaban J connectivity index is 1.96. The first kappa shape index (κ1) is 20.2. The number of carboxylic acids is 1. The van der Waals surface area contributed by atoms with Crippen LogP contribution in [0.2, 0.25) is 0 Å². The van der Waals surface area contributed by atoms with Gasteiger partial charge in [0.15, 0.2) is 5.78 Å². The number of nitrogens with zero attached hydrogens (tertiary/aromatic N) is 1. The van der Waals surface area contributed by atoms with E-state index >= 15 is 0 Å². The summed E-state index contributed by atoms with van der Waals surface area (Å²) in [6.07, 6.45) is 0. The first-order valence-electron chi connectivity index (χ1n) is 8.97. The summed E-state index contributed by atoms with van der Waals surface area (Å²) in [5.74, 6) is -2.88. The van der Waals surface area contributed by atoms with E-state index in [1.807, 2.05) is 6.92 Å². The van der Waals surface area contributed by atoms with Crippen LogP contribution >= 0.6 is 11.8 Å². The molecule has 2 aliphatic heterocycles. The molecule has 1 aromatic carbocycles. The number of carboxylic acid groups (broad SMARTS) is 1. The Kier molecular flexibility index (Phi) is 4.91. The van der Waals surface area contributed by atoms with Crippen molar-refractivity contribution in [2.24, 2.45) is 0 Å². The molecule has 3 atom stereocenters. The minimum absolute atomic E-state index is 0.313. The number of Topliss-reactive ketones (excluding diaryl/α,β-unsaturated/α-hetero) is 1. The van der Waals surface area contributed by atoms with Gasteiger partial charge in [0.2, 0.25) is 5.54 Å². The third-order valence-corrected chi connectivity index (χ3v) is 6.82. The molecule has 0 radical (unpaired) electrons. The fourth-order valence-electron chi connectivity index (χ4n) is 3.86. The quantitative estimate of drug-likeness (QED) is 0.483. The van der Waals surface area contributed by atoms with Crippen LogP contribution in [0.5, 0.6) is 0 Å². The van der Waals surface area contributed by atoms with Crippen LogP contribution in [0.15, 0.2) is 24.3 Å². The number of rotatable bonds is 6. The molecule has 3 rings (SSSR count). The van der Waals surface area contributed by atoms with Gasteiger partial charge in [-0.1, -0.05) is 12.1 Å². The van der Waals surface area contributed by atoms with Crippen LogP contribution in [0.4, 0.5) is 5.69 Å².